The Balaban J connectivity index is 0. The van der Waals surface area contributed by atoms with Gasteiger partial charge >= 0.3 is 0 Å². The molecule has 124 valence electrons. The van der Waals surface area contributed by atoms with Gasteiger partial charge in [0, 0.05) is 0 Å². The fraction of sp³-hybridized carbons (Fsp3) is 1.00. The molecule has 0 aliphatic rings. The van der Waals surface area contributed by atoms with Crippen molar-refractivity contribution < 1.29 is 43.7 Å². The summed E-state index contributed by atoms with van der Waals surface area (Å²) in [5.74, 6) is -1.87. The highest BCUT2D eigenvalue weighted by Gasteiger charge is 2.44. The molecule has 0 aromatic carbocycles. The van der Waals surface area contributed by atoms with E-state index in [-0.39, 0.29) is 6.15 Å². The molecule has 0 saturated carbocycles. The Kier molecular flexibility index (Phi) is 9.34. The Morgan fingerprint density at radius 2 is 1.15 bits per heavy atom. The minimum atomic E-state index is -5.00. The van der Waals surface area contributed by atoms with E-state index in [1.54, 1.807) is 0 Å². The summed E-state index contributed by atoms with van der Waals surface area (Å²) in [6.07, 6.45) is -20.1. The summed E-state index contributed by atoms with van der Waals surface area (Å²) >= 11 is 0. The molecule has 20 heavy (non-hydrogen) atoms. The van der Waals surface area contributed by atoms with Crippen LogP contribution in [0.3, 0.4) is 0 Å². The maximum absolute atomic E-state index is 13.0. The molecule has 0 bridgehead atoms. The predicted octanol–water partition coefficient (Wildman–Crippen LogP) is 2.03. The second-order valence-electron chi connectivity index (χ2n) is 3.71. The predicted molar refractivity (Wildman–Crippen MR) is 56.8 cm³/mol. The molecule has 0 saturated heterocycles. The van der Waals surface area contributed by atoms with Crippen LogP contribution in [-0.2, 0) is 10.1 Å². The average Bonchev–Trinajstić information content (AvgIpc) is 2.31. The van der Waals surface area contributed by atoms with E-state index in [1.165, 1.54) is 0 Å². The first-order valence-corrected chi connectivity index (χ1v) is 6.47. The molecule has 6 unspecified atom stereocenters. The van der Waals surface area contributed by atoms with Crippen LogP contribution < -0.4 is 6.15 Å². The molecule has 0 aromatic rings. The van der Waals surface area contributed by atoms with E-state index in [9.17, 15) is 39.2 Å². The van der Waals surface area contributed by atoms with Crippen LogP contribution in [0.25, 0.3) is 0 Å². The van der Waals surface area contributed by atoms with Gasteiger partial charge in [-0.1, -0.05) is 0 Å². The summed E-state index contributed by atoms with van der Waals surface area (Å²) in [6, 6.07) is 0. The number of rotatable bonds is 8. The van der Waals surface area contributed by atoms with Crippen LogP contribution in [0.15, 0.2) is 0 Å². The van der Waals surface area contributed by atoms with Crippen molar-refractivity contribution >= 4 is 10.1 Å². The van der Waals surface area contributed by atoms with Gasteiger partial charge < -0.3 is 6.15 Å². The maximum atomic E-state index is 13.0. The quantitative estimate of drug-likeness (QED) is 0.524. The van der Waals surface area contributed by atoms with Gasteiger partial charge in [-0.25, -0.2) is 30.7 Å². The Hall–Kier alpha value is -0.620. The highest BCUT2D eigenvalue weighted by molar-refractivity contribution is 7.85. The molecule has 0 aliphatic carbocycles. The smallest absolute Gasteiger partial charge is 0.267 e. The van der Waals surface area contributed by atoms with Crippen molar-refractivity contribution in [3.63, 3.8) is 0 Å². The summed E-state index contributed by atoms with van der Waals surface area (Å²) < 4.78 is 117. The zero-order valence-corrected chi connectivity index (χ0v) is 10.7. The van der Waals surface area contributed by atoms with E-state index in [0.717, 1.165) is 0 Å². The number of hydrogen-bond acceptors (Lipinski definition) is 3. The molecule has 4 nitrogen and oxygen atoms in total. The van der Waals surface area contributed by atoms with Crippen molar-refractivity contribution in [3.8, 4) is 0 Å². The van der Waals surface area contributed by atoms with Crippen molar-refractivity contribution in [1.82, 2.24) is 6.15 Å². The first-order valence-electron chi connectivity index (χ1n) is 4.86. The van der Waals surface area contributed by atoms with Crippen molar-refractivity contribution in [3.05, 3.63) is 0 Å². The minimum Gasteiger partial charge on any atom is -0.344 e. The highest BCUT2D eigenvalue weighted by Crippen LogP contribution is 2.24. The Morgan fingerprint density at radius 1 is 0.800 bits per heavy atom. The van der Waals surface area contributed by atoms with Crippen LogP contribution in [0.2, 0.25) is 0 Å². The van der Waals surface area contributed by atoms with Gasteiger partial charge in [0.1, 0.15) is 12.4 Å². The van der Waals surface area contributed by atoms with Crippen molar-refractivity contribution in [2.24, 2.45) is 0 Å². The van der Waals surface area contributed by atoms with Crippen LogP contribution in [0.1, 0.15) is 0 Å². The molecule has 0 aliphatic heterocycles. The first kappa shape index (κ1) is 21.7. The van der Waals surface area contributed by atoms with Crippen LogP contribution in [0.4, 0.5) is 30.7 Å². The number of halogens is 7. The van der Waals surface area contributed by atoms with Gasteiger partial charge in [0.05, 0.1) is 0 Å². The van der Waals surface area contributed by atoms with Gasteiger partial charge in [0.15, 0.2) is 37.0 Å². The fourth-order valence-electron chi connectivity index (χ4n) is 1.13. The van der Waals surface area contributed by atoms with E-state index in [4.69, 9.17) is 4.55 Å². The number of alkyl halides is 7. The van der Waals surface area contributed by atoms with E-state index in [0.29, 0.717) is 0 Å². The number of hydrogen-bond donors (Lipinski definition) is 2. The van der Waals surface area contributed by atoms with Crippen molar-refractivity contribution in [2.45, 2.75) is 37.0 Å². The molecule has 4 N–H and O–H groups in total. The lowest BCUT2D eigenvalue weighted by Crippen LogP contribution is -2.44. The van der Waals surface area contributed by atoms with Gasteiger partial charge in [-0.15, -0.1) is 0 Å². The van der Waals surface area contributed by atoms with Crippen LogP contribution in [-0.4, -0.2) is 62.4 Å². The van der Waals surface area contributed by atoms with Gasteiger partial charge in [0.2, 0.25) is 0 Å². The van der Waals surface area contributed by atoms with E-state index in [2.05, 4.69) is 0 Å². The van der Waals surface area contributed by atoms with Gasteiger partial charge in [-0.3, -0.25) is 4.55 Å². The summed E-state index contributed by atoms with van der Waals surface area (Å²) in [7, 11) is -5.00. The normalized spacial score (nSPS) is 21.2. The Labute approximate surface area is 110 Å². The molecule has 0 amide bonds. The van der Waals surface area contributed by atoms with Gasteiger partial charge in [-0.05, 0) is 0 Å². The second-order valence-corrected chi connectivity index (χ2v) is 5.21. The topological polar surface area (TPSA) is 89.4 Å². The summed E-state index contributed by atoms with van der Waals surface area (Å²) in [4.78, 5) is 0. The minimum absolute atomic E-state index is 0. The van der Waals surface area contributed by atoms with Crippen molar-refractivity contribution in [1.29, 1.82) is 0 Å². The standard InChI is InChI=1S/C8H11F7O3S.H3N/c9-1-3(10)5(12)7(14)8(15)6(13)4(11)2-19(16,17)18;/h3-8H,1-2H2,(H,16,17,18);1H3. The molecule has 0 spiro atoms. The molecule has 0 radical (unpaired) electrons. The molecular weight excluding hydrogens is 323 g/mol. The molecule has 0 fully saturated rings. The largest absolute Gasteiger partial charge is 0.344 e. The third-order valence-corrected chi connectivity index (χ3v) is 2.86. The average molecular weight is 337 g/mol. The monoisotopic (exact) mass is 337 g/mol. The fourth-order valence-corrected chi connectivity index (χ4v) is 1.71. The zero-order chi connectivity index (χ0) is 15.4. The SMILES string of the molecule is N.O=S(=O)(O)CC(F)C(F)C(F)C(F)C(F)C(F)CF. The third-order valence-electron chi connectivity index (χ3n) is 2.12. The van der Waals surface area contributed by atoms with Crippen molar-refractivity contribution in [2.75, 3.05) is 12.4 Å². The lowest BCUT2D eigenvalue weighted by Gasteiger charge is -2.22. The van der Waals surface area contributed by atoms with Crippen LogP contribution in [0.5, 0.6) is 0 Å². The molecular formula is C8H14F7NO3S. The zero-order valence-electron chi connectivity index (χ0n) is 9.90. The Morgan fingerprint density at radius 3 is 1.45 bits per heavy atom. The lowest BCUT2D eigenvalue weighted by molar-refractivity contribution is -0.0204. The maximum Gasteiger partial charge on any atom is 0.267 e. The van der Waals surface area contributed by atoms with E-state index in [1.807, 2.05) is 0 Å². The summed E-state index contributed by atoms with van der Waals surface area (Å²) in [5.41, 5.74) is 0. The van der Waals surface area contributed by atoms with Crippen LogP contribution in [0, 0.1) is 0 Å². The van der Waals surface area contributed by atoms with Gasteiger partial charge in [0.25, 0.3) is 10.1 Å². The third kappa shape index (κ3) is 6.70. The summed E-state index contributed by atoms with van der Waals surface area (Å²) in [5, 5.41) is 0. The molecule has 0 heterocycles. The first-order chi connectivity index (χ1) is 8.51. The van der Waals surface area contributed by atoms with Gasteiger partial charge in [-0.2, -0.15) is 8.42 Å². The molecule has 0 aromatic heterocycles. The molecule has 0 rings (SSSR count). The van der Waals surface area contributed by atoms with E-state index < -0.39 is 59.6 Å². The molecule has 6 atom stereocenters. The summed E-state index contributed by atoms with van der Waals surface area (Å²) in [6.45, 7) is -1.99. The second kappa shape index (κ2) is 8.62. The Bertz CT molecular complexity index is 371. The molecule has 12 heteroatoms. The highest BCUT2D eigenvalue weighted by atomic mass is 32.2. The lowest BCUT2D eigenvalue weighted by atomic mass is 10.0. The van der Waals surface area contributed by atoms with E-state index >= 15 is 0 Å². The van der Waals surface area contributed by atoms with Crippen LogP contribution >= 0.6 is 0 Å².